The summed E-state index contributed by atoms with van der Waals surface area (Å²) in [4.78, 5) is 11.9. The average molecular weight is 284 g/mol. The number of hydrogen-bond acceptors (Lipinski definition) is 3. The summed E-state index contributed by atoms with van der Waals surface area (Å²) in [6.07, 6.45) is 3.15. The van der Waals surface area contributed by atoms with Crippen molar-refractivity contribution in [3.8, 4) is 0 Å². The van der Waals surface area contributed by atoms with Gasteiger partial charge in [0.2, 0.25) is 0 Å². The highest BCUT2D eigenvalue weighted by Crippen LogP contribution is 2.19. The second kappa shape index (κ2) is 6.83. The van der Waals surface area contributed by atoms with Crippen LogP contribution < -0.4 is 10.6 Å². The van der Waals surface area contributed by atoms with Gasteiger partial charge in [-0.1, -0.05) is 38.1 Å². The summed E-state index contributed by atoms with van der Waals surface area (Å²) in [5, 5.41) is 13.2. The number of nitrogens with zero attached hydrogens (tertiary/aromatic N) is 2. The van der Waals surface area contributed by atoms with E-state index in [0.29, 0.717) is 18.2 Å². The van der Waals surface area contributed by atoms with Crippen molar-refractivity contribution in [3.05, 3.63) is 53.3 Å². The summed E-state index contributed by atoms with van der Waals surface area (Å²) < 4.78 is 0. The van der Waals surface area contributed by atoms with Crippen LogP contribution in [0.3, 0.4) is 0 Å². The number of rotatable bonds is 4. The van der Waals surface area contributed by atoms with E-state index in [1.54, 1.807) is 6.20 Å². The van der Waals surface area contributed by atoms with E-state index in [0.717, 1.165) is 11.1 Å². The minimum Gasteiger partial charge on any atom is -0.334 e. The maximum atomic E-state index is 11.9. The minimum atomic E-state index is -0.246. The topological polar surface area (TPSA) is 66.9 Å². The predicted octanol–water partition coefficient (Wildman–Crippen LogP) is 3.23. The highest BCUT2D eigenvalue weighted by molar-refractivity contribution is 5.89. The molecule has 0 atom stereocenters. The van der Waals surface area contributed by atoms with Gasteiger partial charge < -0.3 is 10.6 Å². The van der Waals surface area contributed by atoms with Gasteiger partial charge in [-0.2, -0.15) is 10.2 Å². The summed E-state index contributed by atoms with van der Waals surface area (Å²) >= 11 is 0. The van der Waals surface area contributed by atoms with Gasteiger partial charge in [-0.25, -0.2) is 4.79 Å². The molecular formula is C16H20N4O. The normalized spacial score (nSPS) is 10.5. The first-order valence-electron chi connectivity index (χ1n) is 6.98. The van der Waals surface area contributed by atoms with Crippen LogP contribution in [0, 0.1) is 6.92 Å². The Hall–Kier alpha value is -2.43. The quantitative estimate of drug-likeness (QED) is 0.905. The third-order valence-electron chi connectivity index (χ3n) is 3.29. The van der Waals surface area contributed by atoms with Gasteiger partial charge in [0, 0.05) is 6.54 Å². The molecule has 21 heavy (non-hydrogen) atoms. The van der Waals surface area contributed by atoms with Crippen LogP contribution in [-0.4, -0.2) is 16.2 Å². The highest BCUT2D eigenvalue weighted by atomic mass is 16.2. The van der Waals surface area contributed by atoms with E-state index in [-0.39, 0.29) is 6.03 Å². The Balaban J connectivity index is 1.97. The molecule has 2 amide bonds. The van der Waals surface area contributed by atoms with Crippen molar-refractivity contribution in [1.29, 1.82) is 0 Å². The van der Waals surface area contributed by atoms with Gasteiger partial charge in [-0.3, -0.25) is 0 Å². The first-order valence-corrected chi connectivity index (χ1v) is 6.98. The third-order valence-corrected chi connectivity index (χ3v) is 3.29. The number of hydrogen-bond donors (Lipinski definition) is 2. The van der Waals surface area contributed by atoms with Crippen LogP contribution in [0.5, 0.6) is 0 Å². The molecule has 5 heteroatoms. The van der Waals surface area contributed by atoms with Gasteiger partial charge in [0.1, 0.15) is 0 Å². The average Bonchev–Trinajstić information content (AvgIpc) is 2.48. The second-order valence-electron chi connectivity index (χ2n) is 5.25. The second-order valence-corrected chi connectivity index (χ2v) is 5.25. The van der Waals surface area contributed by atoms with Crippen LogP contribution in [-0.2, 0) is 6.54 Å². The maximum absolute atomic E-state index is 11.9. The van der Waals surface area contributed by atoms with Crippen LogP contribution in [0.25, 0.3) is 0 Å². The Morgan fingerprint density at radius 3 is 2.62 bits per heavy atom. The number of anilines is 1. The molecule has 2 aromatic rings. The smallest absolute Gasteiger partial charge is 0.319 e. The number of urea groups is 1. The van der Waals surface area contributed by atoms with Gasteiger partial charge in [-0.05, 0) is 29.5 Å². The molecule has 2 rings (SSSR count). The standard InChI is InChI=1S/C16H20N4O/c1-11(2)14-7-5-4-6-13(14)9-17-16(21)20-15-10-19-18-8-12(15)3/h4-8,10-11H,9H2,1-3H3,(H2,17,18,20,21). The Kier molecular flexibility index (Phi) is 4.87. The summed E-state index contributed by atoms with van der Waals surface area (Å²) in [6, 6.07) is 7.89. The lowest BCUT2D eigenvalue weighted by molar-refractivity contribution is 0.251. The van der Waals surface area contributed by atoms with Crippen molar-refractivity contribution in [3.63, 3.8) is 0 Å². The number of carbonyl (C=O) groups is 1. The van der Waals surface area contributed by atoms with E-state index < -0.39 is 0 Å². The van der Waals surface area contributed by atoms with E-state index in [1.165, 1.54) is 11.8 Å². The van der Waals surface area contributed by atoms with E-state index in [4.69, 9.17) is 0 Å². The third kappa shape index (κ3) is 4.02. The van der Waals surface area contributed by atoms with Crippen molar-refractivity contribution >= 4 is 11.7 Å². The number of aryl methyl sites for hydroxylation is 1. The molecule has 0 aliphatic rings. The first-order chi connectivity index (χ1) is 10.1. The van der Waals surface area contributed by atoms with Crippen LogP contribution in [0.1, 0.15) is 36.5 Å². The molecule has 0 bridgehead atoms. The van der Waals surface area contributed by atoms with Crippen molar-refractivity contribution < 1.29 is 4.79 Å². The molecule has 0 saturated heterocycles. The van der Waals surface area contributed by atoms with E-state index in [2.05, 4.69) is 40.7 Å². The lowest BCUT2D eigenvalue weighted by atomic mass is 9.97. The predicted molar refractivity (Wildman–Crippen MR) is 83.2 cm³/mol. The Morgan fingerprint density at radius 1 is 1.19 bits per heavy atom. The van der Waals surface area contributed by atoms with Gasteiger partial charge in [-0.15, -0.1) is 0 Å². The lowest BCUT2D eigenvalue weighted by Crippen LogP contribution is -2.29. The molecule has 0 aliphatic carbocycles. The number of carbonyl (C=O) groups excluding carboxylic acids is 1. The van der Waals surface area contributed by atoms with Crippen molar-refractivity contribution in [2.45, 2.75) is 33.2 Å². The number of nitrogens with one attached hydrogen (secondary N) is 2. The SMILES string of the molecule is Cc1cnncc1NC(=O)NCc1ccccc1C(C)C. The molecule has 2 N–H and O–H groups in total. The largest absolute Gasteiger partial charge is 0.334 e. The maximum Gasteiger partial charge on any atom is 0.319 e. The fourth-order valence-electron chi connectivity index (χ4n) is 2.11. The van der Waals surface area contributed by atoms with Crippen molar-refractivity contribution in [2.75, 3.05) is 5.32 Å². The summed E-state index contributed by atoms with van der Waals surface area (Å²) in [5.74, 6) is 0.428. The van der Waals surface area contributed by atoms with Gasteiger partial charge in [0.15, 0.2) is 0 Å². The first kappa shape index (κ1) is 15.0. The molecule has 0 fully saturated rings. The fourth-order valence-corrected chi connectivity index (χ4v) is 2.11. The van der Waals surface area contributed by atoms with E-state index >= 15 is 0 Å². The zero-order valence-electron chi connectivity index (χ0n) is 12.6. The van der Waals surface area contributed by atoms with Gasteiger partial charge in [0.05, 0.1) is 18.1 Å². The molecule has 1 aromatic heterocycles. The summed E-state index contributed by atoms with van der Waals surface area (Å²) in [7, 11) is 0. The Bertz CT molecular complexity index is 625. The molecule has 1 aromatic carbocycles. The zero-order valence-corrected chi connectivity index (χ0v) is 12.6. The monoisotopic (exact) mass is 284 g/mol. The highest BCUT2D eigenvalue weighted by Gasteiger charge is 2.08. The van der Waals surface area contributed by atoms with Gasteiger partial charge in [0.25, 0.3) is 0 Å². The molecule has 0 aliphatic heterocycles. The molecular weight excluding hydrogens is 264 g/mol. The molecule has 5 nitrogen and oxygen atoms in total. The molecule has 1 heterocycles. The van der Waals surface area contributed by atoms with E-state index in [1.807, 2.05) is 25.1 Å². The van der Waals surface area contributed by atoms with Crippen LogP contribution in [0.2, 0.25) is 0 Å². The Morgan fingerprint density at radius 2 is 1.90 bits per heavy atom. The summed E-state index contributed by atoms with van der Waals surface area (Å²) in [5.41, 5.74) is 3.93. The van der Waals surface area contributed by atoms with Crippen molar-refractivity contribution in [2.24, 2.45) is 0 Å². The number of aromatic nitrogens is 2. The lowest BCUT2D eigenvalue weighted by Gasteiger charge is -2.14. The van der Waals surface area contributed by atoms with Crippen LogP contribution >= 0.6 is 0 Å². The van der Waals surface area contributed by atoms with E-state index in [9.17, 15) is 4.79 Å². The fraction of sp³-hybridized carbons (Fsp3) is 0.312. The zero-order chi connectivity index (χ0) is 15.2. The minimum absolute atomic E-state index is 0.246. The van der Waals surface area contributed by atoms with Crippen LogP contribution in [0.15, 0.2) is 36.7 Å². The Labute approximate surface area is 124 Å². The number of amides is 2. The molecule has 110 valence electrons. The van der Waals surface area contributed by atoms with Crippen molar-refractivity contribution in [1.82, 2.24) is 15.5 Å². The molecule has 0 spiro atoms. The molecule has 0 radical (unpaired) electrons. The summed E-state index contributed by atoms with van der Waals surface area (Å²) in [6.45, 7) is 6.66. The van der Waals surface area contributed by atoms with Gasteiger partial charge >= 0.3 is 6.03 Å². The molecule has 0 saturated carbocycles. The molecule has 0 unspecified atom stereocenters. The van der Waals surface area contributed by atoms with Crippen LogP contribution in [0.4, 0.5) is 10.5 Å². The number of benzene rings is 1.